The molecule has 0 heterocycles. The van der Waals surface area contributed by atoms with E-state index in [1.54, 1.807) is 0 Å². The highest BCUT2D eigenvalue weighted by atomic mass is 16.6. The number of ether oxygens (including phenoxy) is 1. The average molecular weight is 663 g/mol. The van der Waals surface area contributed by atoms with Crippen molar-refractivity contribution in [3.63, 3.8) is 0 Å². The van der Waals surface area contributed by atoms with Gasteiger partial charge in [0.25, 0.3) is 0 Å². The summed E-state index contributed by atoms with van der Waals surface area (Å²) in [6.07, 6.45) is 3.47. The summed E-state index contributed by atoms with van der Waals surface area (Å²) >= 11 is 0. The number of esters is 2. The Bertz CT molecular complexity index is 1470. The molecule has 0 aliphatic heterocycles. The van der Waals surface area contributed by atoms with Gasteiger partial charge in [-0.1, -0.05) is 121 Å². The third-order valence-electron chi connectivity index (χ3n) is 9.20. The van der Waals surface area contributed by atoms with E-state index in [1.807, 2.05) is 121 Å². The summed E-state index contributed by atoms with van der Waals surface area (Å²) in [5.41, 5.74) is 4.00. The molecule has 4 rings (SSSR count). The number of carbonyl (C=O) groups excluding carboxylic acids is 2. The minimum atomic E-state index is -0.997. The monoisotopic (exact) mass is 662 g/mol. The number of rotatable bonds is 20. The van der Waals surface area contributed by atoms with Crippen LogP contribution in [-0.4, -0.2) is 34.1 Å². The second-order valence-corrected chi connectivity index (χ2v) is 12.8. The maximum atomic E-state index is 13.8. The van der Waals surface area contributed by atoms with E-state index < -0.39 is 47.5 Å². The number of carboxylic acid groups (broad SMARTS) is 2. The molecule has 7 heteroatoms. The molecule has 0 aliphatic rings. The average Bonchev–Trinajstić information content (AvgIpc) is 3.12. The first-order valence-electron chi connectivity index (χ1n) is 17.1. The summed E-state index contributed by atoms with van der Waals surface area (Å²) in [6.45, 7) is 0. The molecular formula is C42H46O7. The molecular weight excluding hydrogens is 616 g/mol. The second-order valence-electron chi connectivity index (χ2n) is 12.8. The first kappa shape index (κ1) is 36.8. The summed E-state index contributed by atoms with van der Waals surface area (Å²) in [4.78, 5) is 52.3. The summed E-state index contributed by atoms with van der Waals surface area (Å²) in [6, 6.07) is 38.4. The molecule has 4 aromatic carbocycles. The molecule has 0 aliphatic carbocycles. The van der Waals surface area contributed by atoms with Crippen molar-refractivity contribution < 1.29 is 34.1 Å². The molecule has 0 amide bonds. The Labute approximate surface area is 289 Å². The summed E-state index contributed by atoms with van der Waals surface area (Å²) < 4.78 is 5.57. The van der Waals surface area contributed by atoms with Crippen LogP contribution < -0.4 is 0 Å². The van der Waals surface area contributed by atoms with E-state index in [-0.39, 0.29) is 12.8 Å². The smallest absolute Gasteiger partial charge is 0.316 e. The molecule has 0 fully saturated rings. The number of carbonyl (C=O) groups is 4. The van der Waals surface area contributed by atoms with Gasteiger partial charge in [-0.05, 0) is 86.5 Å². The predicted molar refractivity (Wildman–Crippen MR) is 189 cm³/mol. The zero-order chi connectivity index (χ0) is 34.8. The Morgan fingerprint density at radius 2 is 0.653 bits per heavy atom. The van der Waals surface area contributed by atoms with Crippen LogP contribution >= 0.6 is 0 Å². The Morgan fingerprint density at radius 3 is 0.898 bits per heavy atom. The lowest BCUT2D eigenvalue weighted by molar-refractivity contribution is -0.166. The van der Waals surface area contributed by atoms with Crippen LogP contribution in [0.3, 0.4) is 0 Å². The maximum Gasteiger partial charge on any atom is 0.316 e. The van der Waals surface area contributed by atoms with Crippen molar-refractivity contribution in [2.75, 3.05) is 0 Å². The molecule has 4 atom stereocenters. The second kappa shape index (κ2) is 19.7. The van der Waals surface area contributed by atoms with Crippen LogP contribution in [0.15, 0.2) is 121 Å². The van der Waals surface area contributed by atoms with E-state index in [0.717, 1.165) is 22.3 Å². The van der Waals surface area contributed by atoms with Crippen molar-refractivity contribution in [2.45, 2.75) is 64.2 Å². The van der Waals surface area contributed by atoms with E-state index in [9.17, 15) is 29.4 Å². The van der Waals surface area contributed by atoms with Gasteiger partial charge in [0.15, 0.2) is 0 Å². The molecule has 49 heavy (non-hydrogen) atoms. The van der Waals surface area contributed by atoms with Crippen molar-refractivity contribution in [1.29, 1.82) is 0 Å². The summed E-state index contributed by atoms with van der Waals surface area (Å²) in [5, 5.41) is 20.2. The van der Waals surface area contributed by atoms with E-state index >= 15 is 0 Å². The van der Waals surface area contributed by atoms with Crippen LogP contribution in [0.5, 0.6) is 0 Å². The van der Waals surface area contributed by atoms with E-state index in [1.165, 1.54) is 0 Å². The Hall–Kier alpha value is -5.04. The van der Waals surface area contributed by atoms with Gasteiger partial charge in [0.05, 0.1) is 23.7 Å². The number of carboxylic acids is 2. The molecule has 2 N–H and O–H groups in total. The number of hydrogen-bond donors (Lipinski definition) is 2. The SMILES string of the molecule is O=C(O)C(CCc1ccccc1)CC(CCc1ccccc1)C(=O)OC(=O)C(CCc1ccccc1)CC(CCc1ccccc1)C(=O)O. The molecule has 0 spiro atoms. The molecule has 0 saturated heterocycles. The Kier molecular flexibility index (Phi) is 14.8. The number of aryl methyl sites for hydroxylation is 4. The fourth-order valence-corrected chi connectivity index (χ4v) is 6.24. The summed E-state index contributed by atoms with van der Waals surface area (Å²) in [7, 11) is 0. The molecule has 0 bridgehead atoms. The lowest BCUT2D eigenvalue weighted by Gasteiger charge is -2.23. The maximum absolute atomic E-state index is 13.8. The topological polar surface area (TPSA) is 118 Å². The third-order valence-corrected chi connectivity index (χ3v) is 9.20. The lowest BCUT2D eigenvalue weighted by atomic mass is 9.85. The van der Waals surface area contributed by atoms with Gasteiger partial charge in [-0.25, -0.2) is 0 Å². The summed E-state index contributed by atoms with van der Waals surface area (Å²) in [5.74, 6) is -6.79. The molecule has 0 aromatic heterocycles. The predicted octanol–water partition coefficient (Wildman–Crippen LogP) is 8.00. The van der Waals surface area contributed by atoms with Crippen molar-refractivity contribution in [3.8, 4) is 0 Å². The first-order valence-corrected chi connectivity index (χ1v) is 17.1. The normalized spacial score (nSPS) is 13.5. The van der Waals surface area contributed by atoms with Gasteiger partial charge < -0.3 is 14.9 Å². The molecule has 0 radical (unpaired) electrons. The van der Waals surface area contributed by atoms with Crippen LogP contribution in [0.1, 0.15) is 60.8 Å². The van der Waals surface area contributed by atoms with Gasteiger partial charge in [-0.2, -0.15) is 0 Å². The Balaban J connectivity index is 1.50. The minimum Gasteiger partial charge on any atom is -0.481 e. The zero-order valence-electron chi connectivity index (χ0n) is 27.9. The standard InChI is InChI=1S/C42H46O7/c43-39(44)35(25-21-31-13-5-1-6-14-31)29-37(27-23-33-17-9-3-10-18-33)41(47)49-42(48)38(28-24-34-19-11-4-12-20-34)30-36(40(45)46)26-22-32-15-7-2-8-16-32/h1-20,35-38H,21-30H2,(H,43,44)(H,45,46). The molecule has 256 valence electrons. The highest BCUT2D eigenvalue weighted by Crippen LogP contribution is 2.28. The highest BCUT2D eigenvalue weighted by molar-refractivity contribution is 5.88. The zero-order valence-corrected chi connectivity index (χ0v) is 27.9. The largest absolute Gasteiger partial charge is 0.481 e. The quantitative estimate of drug-likeness (QED) is 0.0727. The van der Waals surface area contributed by atoms with Crippen LogP contribution in [0.2, 0.25) is 0 Å². The van der Waals surface area contributed by atoms with E-state index in [2.05, 4.69) is 0 Å². The molecule has 7 nitrogen and oxygen atoms in total. The van der Waals surface area contributed by atoms with Crippen LogP contribution in [0, 0.1) is 23.7 Å². The van der Waals surface area contributed by atoms with Crippen molar-refractivity contribution in [2.24, 2.45) is 23.7 Å². The van der Waals surface area contributed by atoms with Crippen molar-refractivity contribution >= 4 is 23.9 Å². The van der Waals surface area contributed by atoms with Gasteiger partial charge in [0.1, 0.15) is 0 Å². The van der Waals surface area contributed by atoms with Crippen LogP contribution in [0.4, 0.5) is 0 Å². The van der Waals surface area contributed by atoms with Gasteiger partial charge in [0, 0.05) is 0 Å². The van der Waals surface area contributed by atoms with Gasteiger partial charge in [-0.15, -0.1) is 0 Å². The van der Waals surface area contributed by atoms with E-state index in [0.29, 0.717) is 51.4 Å². The lowest BCUT2D eigenvalue weighted by Crippen LogP contribution is -2.31. The fourth-order valence-electron chi connectivity index (χ4n) is 6.24. The number of benzene rings is 4. The van der Waals surface area contributed by atoms with Gasteiger partial charge in [0.2, 0.25) is 0 Å². The molecule has 4 aromatic rings. The Morgan fingerprint density at radius 1 is 0.408 bits per heavy atom. The van der Waals surface area contributed by atoms with Crippen LogP contribution in [-0.2, 0) is 49.6 Å². The fraction of sp³-hybridized carbons (Fsp3) is 0.333. The minimum absolute atomic E-state index is 0.0324. The van der Waals surface area contributed by atoms with Crippen LogP contribution in [0.25, 0.3) is 0 Å². The van der Waals surface area contributed by atoms with Crippen molar-refractivity contribution in [1.82, 2.24) is 0 Å². The van der Waals surface area contributed by atoms with Gasteiger partial charge >= 0.3 is 23.9 Å². The van der Waals surface area contributed by atoms with E-state index in [4.69, 9.17) is 4.74 Å². The van der Waals surface area contributed by atoms with Gasteiger partial charge in [-0.3, -0.25) is 19.2 Å². The first-order chi connectivity index (χ1) is 23.8. The number of hydrogen-bond acceptors (Lipinski definition) is 5. The molecule has 4 unspecified atom stereocenters. The number of aliphatic carboxylic acids is 2. The molecule has 0 saturated carbocycles. The third kappa shape index (κ3) is 12.8. The van der Waals surface area contributed by atoms with Crippen molar-refractivity contribution in [3.05, 3.63) is 144 Å². The highest BCUT2D eigenvalue weighted by Gasteiger charge is 2.33.